The summed E-state index contributed by atoms with van der Waals surface area (Å²) in [7, 11) is 0. The largest absolute Gasteiger partial charge is 0.444 e. The van der Waals surface area contributed by atoms with Crippen LogP contribution in [0.3, 0.4) is 0 Å². The number of alkyl halides is 1. The van der Waals surface area contributed by atoms with Gasteiger partial charge in [-0.25, -0.2) is 4.79 Å². The Labute approximate surface area is 98.5 Å². The van der Waals surface area contributed by atoms with E-state index in [-0.39, 0.29) is 6.54 Å². The maximum atomic E-state index is 11.1. The van der Waals surface area contributed by atoms with Crippen molar-refractivity contribution in [1.29, 1.82) is 0 Å². The monoisotopic (exact) mass is 315 g/mol. The molecule has 0 fully saturated rings. The molecule has 1 atom stereocenters. The summed E-state index contributed by atoms with van der Waals surface area (Å²) in [6.45, 7) is 5.65. The molecular weight excluding hydrogens is 297 g/mol. The van der Waals surface area contributed by atoms with E-state index in [0.29, 0.717) is 6.42 Å². The molecule has 0 radical (unpaired) electrons. The molecule has 0 rings (SSSR count). The van der Waals surface area contributed by atoms with Crippen LogP contribution in [0, 0.1) is 0 Å². The summed E-state index contributed by atoms with van der Waals surface area (Å²) in [6.07, 6.45) is -0.291. The van der Waals surface area contributed by atoms with Crippen LogP contribution in [0.2, 0.25) is 0 Å². The average molecular weight is 315 g/mol. The molecule has 1 unspecified atom stereocenters. The van der Waals surface area contributed by atoms with Crippen molar-refractivity contribution in [3.8, 4) is 0 Å². The highest BCUT2D eigenvalue weighted by Gasteiger charge is 2.16. The zero-order valence-electron chi connectivity index (χ0n) is 8.84. The van der Waals surface area contributed by atoms with E-state index in [1.165, 1.54) is 0 Å². The van der Waals surface area contributed by atoms with Crippen molar-refractivity contribution < 1.29 is 14.6 Å². The number of rotatable bonds is 4. The Bertz CT molecular complexity index is 179. The molecular formula is C9H18INO3. The van der Waals surface area contributed by atoms with Gasteiger partial charge in [0.15, 0.2) is 0 Å². The Kier molecular flexibility index (Phi) is 6.43. The predicted molar refractivity (Wildman–Crippen MR) is 63.7 cm³/mol. The third-order valence-electron chi connectivity index (χ3n) is 1.32. The second-order valence-corrected chi connectivity index (χ2v) is 5.09. The summed E-state index contributed by atoms with van der Waals surface area (Å²) < 4.78 is 5.87. The van der Waals surface area contributed by atoms with E-state index in [1.807, 2.05) is 0 Å². The second-order valence-electron chi connectivity index (χ2n) is 4.01. The molecule has 0 aliphatic carbocycles. The molecule has 1 amide bonds. The van der Waals surface area contributed by atoms with Crippen molar-refractivity contribution in [3.63, 3.8) is 0 Å². The van der Waals surface area contributed by atoms with E-state index in [1.54, 1.807) is 20.8 Å². The summed E-state index contributed by atoms with van der Waals surface area (Å²) in [5.41, 5.74) is -0.488. The van der Waals surface area contributed by atoms with Gasteiger partial charge in [0.1, 0.15) is 5.60 Å². The van der Waals surface area contributed by atoms with Gasteiger partial charge >= 0.3 is 6.09 Å². The molecule has 0 saturated heterocycles. The van der Waals surface area contributed by atoms with E-state index in [9.17, 15) is 9.90 Å². The maximum absolute atomic E-state index is 11.1. The lowest BCUT2D eigenvalue weighted by molar-refractivity contribution is 0.0491. The first-order valence-corrected chi connectivity index (χ1v) is 6.08. The van der Waals surface area contributed by atoms with Crippen LogP contribution in [0.5, 0.6) is 0 Å². The van der Waals surface area contributed by atoms with Crippen molar-refractivity contribution in [2.45, 2.75) is 38.9 Å². The first-order chi connectivity index (χ1) is 6.35. The Balaban J connectivity index is 3.64. The Hall–Kier alpha value is -0.0400. The summed E-state index contributed by atoms with van der Waals surface area (Å²) in [6, 6.07) is 0. The molecule has 84 valence electrons. The van der Waals surface area contributed by atoms with Gasteiger partial charge in [-0.05, 0) is 27.2 Å². The zero-order valence-corrected chi connectivity index (χ0v) is 11.0. The van der Waals surface area contributed by atoms with Crippen molar-refractivity contribution >= 4 is 28.7 Å². The van der Waals surface area contributed by atoms with Gasteiger partial charge in [0.25, 0.3) is 0 Å². The minimum Gasteiger partial charge on any atom is -0.444 e. The van der Waals surface area contributed by atoms with E-state index in [4.69, 9.17) is 4.74 Å². The van der Waals surface area contributed by atoms with Crippen molar-refractivity contribution in [3.05, 3.63) is 0 Å². The van der Waals surface area contributed by atoms with Crippen LogP contribution >= 0.6 is 22.6 Å². The number of aliphatic hydroxyl groups excluding tert-OH is 1. The van der Waals surface area contributed by atoms with Crippen LogP contribution in [0.25, 0.3) is 0 Å². The minimum absolute atomic E-state index is 0.248. The van der Waals surface area contributed by atoms with Gasteiger partial charge in [-0.15, -0.1) is 0 Å². The van der Waals surface area contributed by atoms with Crippen LogP contribution in [0.1, 0.15) is 27.2 Å². The van der Waals surface area contributed by atoms with E-state index < -0.39 is 17.8 Å². The molecule has 0 aromatic carbocycles. The number of hydrogen-bond acceptors (Lipinski definition) is 3. The predicted octanol–water partition coefficient (Wildman–Crippen LogP) is 1.70. The molecule has 0 aromatic rings. The summed E-state index contributed by atoms with van der Waals surface area (Å²) in [5, 5.41) is 11.8. The number of hydrogen-bond donors (Lipinski definition) is 2. The smallest absolute Gasteiger partial charge is 0.407 e. The van der Waals surface area contributed by atoms with Gasteiger partial charge in [0.2, 0.25) is 0 Å². The highest BCUT2D eigenvalue weighted by Crippen LogP contribution is 2.06. The molecule has 0 aliphatic heterocycles. The SMILES string of the molecule is CC(C)(C)OC(=O)NCC(O)CCI. The van der Waals surface area contributed by atoms with Gasteiger partial charge in [0.05, 0.1) is 6.10 Å². The highest BCUT2D eigenvalue weighted by atomic mass is 127. The summed E-state index contributed by atoms with van der Waals surface area (Å²) in [4.78, 5) is 11.1. The lowest BCUT2D eigenvalue weighted by Crippen LogP contribution is -2.36. The third-order valence-corrected chi connectivity index (χ3v) is 1.95. The molecule has 14 heavy (non-hydrogen) atoms. The van der Waals surface area contributed by atoms with Crippen LogP contribution in [0.4, 0.5) is 4.79 Å². The number of ether oxygens (including phenoxy) is 1. The Morgan fingerprint density at radius 3 is 2.57 bits per heavy atom. The molecule has 0 bridgehead atoms. The van der Waals surface area contributed by atoms with E-state index >= 15 is 0 Å². The number of nitrogens with one attached hydrogen (secondary N) is 1. The number of alkyl carbamates (subject to hydrolysis) is 1. The molecule has 2 N–H and O–H groups in total. The van der Waals surface area contributed by atoms with E-state index in [2.05, 4.69) is 27.9 Å². The molecule has 0 heterocycles. The topological polar surface area (TPSA) is 58.6 Å². The molecule has 0 saturated carbocycles. The summed E-state index contributed by atoms with van der Waals surface area (Å²) >= 11 is 2.18. The van der Waals surface area contributed by atoms with E-state index in [0.717, 1.165) is 4.43 Å². The number of carbonyl (C=O) groups excluding carboxylic acids is 1. The minimum atomic E-state index is -0.488. The van der Waals surface area contributed by atoms with Gasteiger partial charge in [-0.3, -0.25) is 0 Å². The molecule has 0 aromatic heterocycles. The van der Waals surface area contributed by atoms with Gasteiger partial charge < -0.3 is 15.2 Å². The number of aliphatic hydroxyl groups is 1. The second kappa shape index (κ2) is 6.44. The number of carbonyl (C=O) groups is 1. The first kappa shape index (κ1) is 14.0. The fourth-order valence-electron chi connectivity index (χ4n) is 0.743. The molecule has 0 spiro atoms. The Morgan fingerprint density at radius 1 is 1.57 bits per heavy atom. The number of amides is 1. The van der Waals surface area contributed by atoms with Crippen molar-refractivity contribution in [2.24, 2.45) is 0 Å². The van der Waals surface area contributed by atoms with Crippen LogP contribution in [-0.4, -0.2) is 33.9 Å². The molecule has 5 heteroatoms. The van der Waals surface area contributed by atoms with Crippen LogP contribution < -0.4 is 5.32 Å². The first-order valence-electron chi connectivity index (χ1n) is 4.56. The fourth-order valence-corrected chi connectivity index (χ4v) is 1.46. The molecule has 0 aliphatic rings. The lowest BCUT2D eigenvalue weighted by atomic mass is 10.2. The van der Waals surface area contributed by atoms with Crippen LogP contribution in [0.15, 0.2) is 0 Å². The standard InChI is InChI=1S/C9H18INO3/c1-9(2,3)14-8(13)11-6-7(12)4-5-10/h7,12H,4-6H2,1-3H3,(H,11,13). The number of halogens is 1. The molecule has 4 nitrogen and oxygen atoms in total. The van der Waals surface area contributed by atoms with Crippen LogP contribution in [-0.2, 0) is 4.74 Å². The van der Waals surface area contributed by atoms with Gasteiger partial charge in [-0.2, -0.15) is 0 Å². The van der Waals surface area contributed by atoms with Crippen molar-refractivity contribution in [1.82, 2.24) is 5.32 Å². The fraction of sp³-hybridized carbons (Fsp3) is 0.889. The Morgan fingerprint density at radius 2 is 2.14 bits per heavy atom. The summed E-state index contributed by atoms with van der Waals surface area (Å²) in [5.74, 6) is 0. The lowest BCUT2D eigenvalue weighted by Gasteiger charge is -2.20. The van der Waals surface area contributed by atoms with Crippen molar-refractivity contribution in [2.75, 3.05) is 11.0 Å². The van der Waals surface area contributed by atoms with Gasteiger partial charge in [-0.1, -0.05) is 22.6 Å². The average Bonchev–Trinajstić information content (AvgIpc) is 1.98. The zero-order chi connectivity index (χ0) is 11.2. The van der Waals surface area contributed by atoms with Gasteiger partial charge in [0, 0.05) is 11.0 Å². The highest BCUT2D eigenvalue weighted by molar-refractivity contribution is 14.1. The maximum Gasteiger partial charge on any atom is 0.407 e. The normalized spacial score (nSPS) is 13.5. The quantitative estimate of drug-likeness (QED) is 0.613. The third kappa shape index (κ3) is 8.55.